The number of fused-ring (bicyclic) bond motifs is 2. The maximum absolute atomic E-state index is 12.7. The Kier molecular flexibility index (Phi) is 4.72. The normalized spacial score (nSPS) is 11.1. The molecule has 0 unspecified atom stereocenters. The van der Waals surface area contributed by atoms with Crippen LogP contribution in [0.15, 0.2) is 72.4 Å². The molecule has 8 nitrogen and oxygen atoms in total. The van der Waals surface area contributed by atoms with Gasteiger partial charge >= 0.3 is 5.63 Å². The highest BCUT2D eigenvalue weighted by Gasteiger charge is 2.17. The molecular formula is C21H11BrN4O4S. The molecule has 31 heavy (non-hydrogen) atoms. The number of carbonyl (C=O) groups excluding carboxylic acids is 1. The van der Waals surface area contributed by atoms with E-state index in [0.717, 1.165) is 21.2 Å². The number of hydrogen-bond acceptors (Lipinski definition) is 7. The highest BCUT2D eigenvalue weighted by Crippen LogP contribution is 2.27. The van der Waals surface area contributed by atoms with Crippen molar-refractivity contribution in [2.45, 2.75) is 0 Å². The molecule has 0 bridgehead atoms. The number of hydrogen-bond donors (Lipinski definition) is 2. The van der Waals surface area contributed by atoms with Gasteiger partial charge in [0, 0.05) is 20.6 Å². The van der Waals surface area contributed by atoms with E-state index in [1.807, 2.05) is 6.07 Å². The fourth-order valence-corrected chi connectivity index (χ4v) is 4.26. The first-order valence-electron chi connectivity index (χ1n) is 8.98. The van der Waals surface area contributed by atoms with E-state index in [0.29, 0.717) is 22.0 Å². The molecule has 0 aliphatic rings. The van der Waals surface area contributed by atoms with Gasteiger partial charge in [0.05, 0.1) is 16.6 Å². The molecule has 5 aromatic rings. The summed E-state index contributed by atoms with van der Waals surface area (Å²) in [5, 5.41) is 12.4. The molecule has 0 aliphatic heterocycles. The van der Waals surface area contributed by atoms with Gasteiger partial charge in [-0.3, -0.25) is 14.9 Å². The molecule has 5 rings (SSSR count). The summed E-state index contributed by atoms with van der Waals surface area (Å²) in [6.45, 7) is 0. The van der Waals surface area contributed by atoms with Crippen molar-refractivity contribution in [1.82, 2.24) is 15.2 Å². The first-order chi connectivity index (χ1) is 15.0. The molecule has 2 aromatic carbocycles. The SMILES string of the molecule is O=C(Nc1nc(-c2cc3cc(Br)ccc3oc2=O)cs1)c1n[nH]c(=O)c2ccccc12. The van der Waals surface area contributed by atoms with Crippen LogP contribution in [0.25, 0.3) is 33.0 Å². The van der Waals surface area contributed by atoms with Crippen LogP contribution in [0.1, 0.15) is 10.5 Å². The van der Waals surface area contributed by atoms with Crippen molar-refractivity contribution in [1.29, 1.82) is 0 Å². The standard InChI is InChI=1S/C21H11BrN4O4S/c22-11-5-6-16-10(7-11)8-14(20(29)30-16)15-9-31-21(23-15)24-19(28)17-12-3-1-2-4-13(12)18(27)26-25-17/h1-9H,(H,26,27)(H,23,24,28). The topological polar surface area (TPSA) is 118 Å². The molecule has 0 aliphatic carbocycles. The van der Waals surface area contributed by atoms with Crippen LogP contribution >= 0.6 is 27.3 Å². The molecule has 3 aromatic heterocycles. The summed E-state index contributed by atoms with van der Waals surface area (Å²) in [5.41, 5.74) is 0.313. The van der Waals surface area contributed by atoms with E-state index < -0.39 is 11.5 Å². The van der Waals surface area contributed by atoms with Gasteiger partial charge in [0.1, 0.15) is 5.58 Å². The lowest BCUT2D eigenvalue weighted by Crippen LogP contribution is -2.19. The van der Waals surface area contributed by atoms with Gasteiger partial charge in [0.25, 0.3) is 11.5 Å². The Labute approximate surface area is 185 Å². The highest BCUT2D eigenvalue weighted by atomic mass is 79.9. The Hall–Kier alpha value is -3.63. The number of rotatable bonds is 3. The summed E-state index contributed by atoms with van der Waals surface area (Å²) in [6, 6.07) is 13.7. The Morgan fingerprint density at radius 2 is 1.90 bits per heavy atom. The number of halogens is 1. The molecular weight excluding hydrogens is 484 g/mol. The molecule has 0 saturated carbocycles. The van der Waals surface area contributed by atoms with Crippen LogP contribution in [-0.2, 0) is 0 Å². The van der Waals surface area contributed by atoms with Gasteiger partial charge in [-0.1, -0.05) is 34.1 Å². The maximum atomic E-state index is 12.7. The summed E-state index contributed by atoms with van der Waals surface area (Å²) in [6.07, 6.45) is 0. The Morgan fingerprint density at radius 3 is 2.74 bits per heavy atom. The van der Waals surface area contributed by atoms with Gasteiger partial charge in [0.2, 0.25) is 0 Å². The molecule has 152 valence electrons. The zero-order valence-corrected chi connectivity index (χ0v) is 17.9. The Morgan fingerprint density at radius 1 is 1.10 bits per heavy atom. The van der Waals surface area contributed by atoms with Crippen LogP contribution in [0.4, 0.5) is 5.13 Å². The lowest BCUT2D eigenvalue weighted by Gasteiger charge is -2.04. The zero-order valence-electron chi connectivity index (χ0n) is 15.5. The summed E-state index contributed by atoms with van der Waals surface area (Å²) >= 11 is 4.56. The lowest BCUT2D eigenvalue weighted by atomic mass is 10.1. The van der Waals surface area contributed by atoms with E-state index in [2.05, 4.69) is 36.4 Å². The second-order valence-electron chi connectivity index (χ2n) is 6.57. The molecule has 0 saturated heterocycles. The van der Waals surface area contributed by atoms with Crippen LogP contribution < -0.4 is 16.5 Å². The number of carbonyl (C=O) groups is 1. The number of nitrogens with zero attached hydrogens (tertiary/aromatic N) is 2. The molecule has 3 heterocycles. The molecule has 10 heteroatoms. The van der Waals surface area contributed by atoms with Gasteiger partial charge in [-0.15, -0.1) is 11.3 Å². The van der Waals surface area contributed by atoms with E-state index in [1.165, 1.54) is 0 Å². The van der Waals surface area contributed by atoms with Gasteiger partial charge in [-0.25, -0.2) is 14.9 Å². The summed E-state index contributed by atoms with van der Waals surface area (Å²) < 4.78 is 6.23. The second-order valence-corrected chi connectivity index (χ2v) is 8.34. The molecule has 2 N–H and O–H groups in total. The van der Waals surface area contributed by atoms with Crippen molar-refractivity contribution in [3.8, 4) is 11.3 Å². The molecule has 1 amide bonds. The monoisotopic (exact) mass is 494 g/mol. The minimum atomic E-state index is -0.525. The largest absolute Gasteiger partial charge is 0.422 e. The van der Waals surface area contributed by atoms with E-state index >= 15 is 0 Å². The summed E-state index contributed by atoms with van der Waals surface area (Å²) in [4.78, 5) is 41.4. The van der Waals surface area contributed by atoms with Gasteiger partial charge in [-0.2, -0.15) is 5.10 Å². The lowest BCUT2D eigenvalue weighted by molar-refractivity contribution is 0.102. The number of benzene rings is 2. The second kappa shape index (κ2) is 7.56. The van der Waals surface area contributed by atoms with Crippen molar-refractivity contribution in [2.75, 3.05) is 5.32 Å². The Bertz CT molecular complexity index is 1600. The predicted molar refractivity (Wildman–Crippen MR) is 122 cm³/mol. The number of thiazole rings is 1. The van der Waals surface area contributed by atoms with E-state index in [9.17, 15) is 14.4 Å². The number of aromatic nitrogens is 3. The number of amides is 1. The van der Waals surface area contributed by atoms with Crippen LogP contribution in [0.2, 0.25) is 0 Å². The fourth-order valence-electron chi connectivity index (χ4n) is 3.17. The van der Waals surface area contributed by atoms with Crippen molar-refractivity contribution >= 4 is 60.0 Å². The first-order valence-corrected chi connectivity index (χ1v) is 10.6. The van der Waals surface area contributed by atoms with Crippen molar-refractivity contribution in [3.05, 3.63) is 84.9 Å². The van der Waals surface area contributed by atoms with Crippen molar-refractivity contribution in [2.24, 2.45) is 0 Å². The van der Waals surface area contributed by atoms with Crippen LogP contribution in [-0.4, -0.2) is 21.1 Å². The van der Waals surface area contributed by atoms with Crippen LogP contribution in [0, 0.1) is 0 Å². The van der Waals surface area contributed by atoms with E-state index in [4.69, 9.17) is 4.42 Å². The molecule has 0 atom stereocenters. The summed E-state index contributed by atoms with van der Waals surface area (Å²) in [5.74, 6) is -0.525. The smallest absolute Gasteiger partial charge is 0.345 e. The van der Waals surface area contributed by atoms with Gasteiger partial charge in [0.15, 0.2) is 10.8 Å². The fraction of sp³-hybridized carbons (Fsp3) is 0. The first kappa shape index (κ1) is 19.3. The number of anilines is 1. The average molecular weight is 495 g/mol. The van der Waals surface area contributed by atoms with Crippen molar-refractivity contribution in [3.63, 3.8) is 0 Å². The zero-order chi connectivity index (χ0) is 21.5. The van der Waals surface area contributed by atoms with E-state index in [-0.39, 0.29) is 21.9 Å². The third kappa shape index (κ3) is 3.56. The minimum Gasteiger partial charge on any atom is -0.422 e. The quantitative estimate of drug-likeness (QED) is 0.363. The predicted octanol–water partition coefficient (Wildman–Crippen LogP) is 4.17. The van der Waals surface area contributed by atoms with Gasteiger partial charge < -0.3 is 4.42 Å². The minimum absolute atomic E-state index is 0.0713. The maximum Gasteiger partial charge on any atom is 0.345 e. The third-order valence-electron chi connectivity index (χ3n) is 4.61. The number of H-pyrrole nitrogens is 1. The molecule has 0 radical (unpaired) electrons. The highest BCUT2D eigenvalue weighted by molar-refractivity contribution is 9.10. The van der Waals surface area contributed by atoms with Crippen LogP contribution in [0.3, 0.4) is 0 Å². The third-order valence-corrected chi connectivity index (χ3v) is 5.86. The number of aromatic amines is 1. The van der Waals surface area contributed by atoms with E-state index in [1.54, 1.807) is 47.8 Å². The Balaban J connectivity index is 1.48. The summed E-state index contributed by atoms with van der Waals surface area (Å²) in [7, 11) is 0. The van der Waals surface area contributed by atoms with Gasteiger partial charge in [-0.05, 0) is 30.3 Å². The average Bonchev–Trinajstić information content (AvgIpc) is 3.22. The van der Waals surface area contributed by atoms with Crippen LogP contribution in [0.5, 0.6) is 0 Å². The molecule has 0 spiro atoms. The molecule has 0 fully saturated rings. The van der Waals surface area contributed by atoms with Crippen molar-refractivity contribution < 1.29 is 9.21 Å². The number of nitrogens with one attached hydrogen (secondary N) is 2.